The van der Waals surface area contributed by atoms with Crippen LogP contribution in [0.4, 0.5) is 8.78 Å². The highest BCUT2D eigenvalue weighted by molar-refractivity contribution is 6.06. The molecule has 0 spiro atoms. The van der Waals surface area contributed by atoms with Crippen LogP contribution in [-0.2, 0) is 5.54 Å². The number of fused-ring (bicyclic) bond motifs is 1. The van der Waals surface area contributed by atoms with Gasteiger partial charge in [-0.1, -0.05) is 0 Å². The van der Waals surface area contributed by atoms with Crippen molar-refractivity contribution < 1.29 is 18.4 Å². The molecule has 1 aliphatic carbocycles. The molecule has 1 saturated carbocycles. The molecular weight excluding hydrogens is 452 g/mol. The second-order valence-corrected chi connectivity index (χ2v) is 10.4. The molecule has 2 amide bonds. The van der Waals surface area contributed by atoms with E-state index in [0.717, 1.165) is 47.4 Å². The average Bonchev–Trinajstić information content (AvgIpc) is 3.62. The highest BCUT2D eigenvalue weighted by Crippen LogP contribution is 2.41. The highest BCUT2D eigenvalue weighted by atomic mass is 19.2. The molecule has 2 aliphatic rings. The first-order valence-corrected chi connectivity index (χ1v) is 12.0. The summed E-state index contributed by atoms with van der Waals surface area (Å²) in [5, 5.41) is 5.50. The molecule has 3 aromatic rings. The molecule has 0 bridgehead atoms. The predicted octanol–water partition coefficient (Wildman–Crippen LogP) is 4.25. The number of carbonyl (C=O) groups is 2. The second-order valence-electron chi connectivity index (χ2n) is 10.4. The van der Waals surface area contributed by atoms with Gasteiger partial charge in [-0.05, 0) is 64.8 Å². The fourth-order valence-electron chi connectivity index (χ4n) is 4.63. The van der Waals surface area contributed by atoms with Gasteiger partial charge in [-0.15, -0.1) is 0 Å². The maximum Gasteiger partial charge on any atom is 0.254 e. The van der Waals surface area contributed by atoms with E-state index in [0.29, 0.717) is 37.7 Å². The minimum absolute atomic E-state index is 0.0961. The lowest BCUT2D eigenvalue weighted by Crippen LogP contribution is -2.50. The molecule has 2 aromatic heterocycles. The third-order valence-electron chi connectivity index (χ3n) is 6.71. The van der Waals surface area contributed by atoms with E-state index in [2.05, 4.69) is 20.8 Å². The number of carbonyl (C=O) groups excluding carboxylic acids is 2. The van der Waals surface area contributed by atoms with Crippen molar-refractivity contribution in [3.8, 4) is 0 Å². The molecule has 2 fully saturated rings. The molecule has 3 heterocycles. The summed E-state index contributed by atoms with van der Waals surface area (Å²) in [6, 6.07) is 5.07. The highest BCUT2D eigenvalue weighted by Gasteiger charge is 2.33. The maximum atomic E-state index is 13.7. The number of piperazine rings is 1. The van der Waals surface area contributed by atoms with Crippen LogP contribution in [0.2, 0.25) is 0 Å². The van der Waals surface area contributed by atoms with E-state index >= 15 is 0 Å². The van der Waals surface area contributed by atoms with Crippen LogP contribution in [-0.4, -0.2) is 62.6 Å². The van der Waals surface area contributed by atoms with Gasteiger partial charge in [0.1, 0.15) is 0 Å². The predicted molar refractivity (Wildman–Crippen MR) is 127 cm³/mol. The van der Waals surface area contributed by atoms with Crippen molar-refractivity contribution in [3.63, 3.8) is 0 Å². The Hall–Kier alpha value is -3.36. The summed E-state index contributed by atoms with van der Waals surface area (Å²) in [5.74, 6) is -2.14. The van der Waals surface area contributed by atoms with Crippen LogP contribution in [0.1, 0.15) is 71.6 Å². The van der Waals surface area contributed by atoms with Crippen molar-refractivity contribution in [2.45, 2.75) is 52.0 Å². The largest absolute Gasteiger partial charge is 0.335 e. The Labute approximate surface area is 202 Å². The van der Waals surface area contributed by atoms with Gasteiger partial charge >= 0.3 is 0 Å². The lowest BCUT2D eigenvalue weighted by Gasteiger charge is -2.35. The Morgan fingerprint density at radius 3 is 2.14 bits per heavy atom. The summed E-state index contributed by atoms with van der Waals surface area (Å²) in [6.45, 7) is 9.42. The van der Waals surface area contributed by atoms with E-state index in [1.54, 1.807) is 9.80 Å². The number of rotatable bonds is 3. The number of hydrogen-bond acceptors (Lipinski definition) is 4. The van der Waals surface area contributed by atoms with Gasteiger partial charge in [-0.3, -0.25) is 9.59 Å². The van der Waals surface area contributed by atoms with Crippen molar-refractivity contribution in [3.05, 3.63) is 58.4 Å². The molecule has 5 rings (SSSR count). The first-order chi connectivity index (χ1) is 16.5. The topological polar surface area (TPSA) is 71.3 Å². The smallest absolute Gasteiger partial charge is 0.254 e. The number of benzene rings is 1. The van der Waals surface area contributed by atoms with Crippen molar-refractivity contribution >= 4 is 22.8 Å². The van der Waals surface area contributed by atoms with Crippen molar-refractivity contribution in [1.29, 1.82) is 0 Å². The third-order valence-corrected chi connectivity index (χ3v) is 6.71. The van der Waals surface area contributed by atoms with Gasteiger partial charge in [0.2, 0.25) is 0 Å². The lowest BCUT2D eigenvalue weighted by molar-refractivity contribution is 0.0536. The van der Waals surface area contributed by atoms with Gasteiger partial charge in [0.05, 0.1) is 22.2 Å². The number of aryl methyl sites for hydroxylation is 1. The summed E-state index contributed by atoms with van der Waals surface area (Å²) in [4.78, 5) is 34.7. The number of aromatic nitrogens is 3. The monoisotopic (exact) mass is 481 g/mol. The van der Waals surface area contributed by atoms with Crippen LogP contribution in [0.25, 0.3) is 11.0 Å². The number of halogens is 2. The number of hydrogen-bond donors (Lipinski definition) is 0. The summed E-state index contributed by atoms with van der Waals surface area (Å²) < 4.78 is 28.7. The molecule has 0 radical (unpaired) electrons. The molecule has 184 valence electrons. The van der Waals surface area contributed by atoms with E-state index in [1.165, 1.54) is 6.07 Å². The van der Waals surface area contributed by atoms with Gasteiger partial charge in [-0.2, -0.15) is 5.10 Å². The molecule has 1 aromatic carbocycles. The minimum atomic E-state index is -1.05. The molecular formula is C26H29F2N5O2. The standard InChI is InChI=1S/C26H29F2N5O2/c1-15-22-18(14-21(16-5-6-16)29-23(22)33(30-15)26(2,3)4)25(35)32-11-9-31(10-12-32)24(34)17-7-8-19(27)20(28)13-17/h7-8,13-14,16H,5-6,9-12H2,1-4H3. The Morgan fingerprint density at radius 2 is 1.57 bits per heavy atom. The van der Waals surface area contributed by atoms with E-state index in [1.807, 2.05) is 17.7 Å². The third kappa shape index (κ3) is 4.28. The molecule has 7 nitrogen and oxygen atoms in total. The van der Waals surface area contributed by atoms with Crippen LogP contribution >= 0.6 is 0 Å². The van der Waals surface area contributed by atoms with Crippen molar-refractivity contribution in [2.75, 3.05) is 26.2 Å². The quantitative estimate of drug-likeness (QED) is 0.561. The Balaban J connectivity index is 1.40. The molecule has 0 unspecified atom stereocenters. The second kappa shape index (κ2) is 8.39. The van der Waals surface area contributed by atoms with Crippen LogP contribution in [0, 0.1) is 18.6 Å². The van der Waals surface area contributed by atoms with Crippen LogP contribution < -0.4 is 0 Å². The van der Waals surface area contributed by atoms with Crippen LogP contribution in [0.3, 0.4) is 0 Å². The average molecular weight is 482 g/mol. The number of amides is 2. The maximum absolute atomic E-state index is 13.7. The van der Waals surface area contributed by atoms with E-state index in [9.17, 15) is 18.4 Å². The summed E-state index contributed by atoms with van der Waals surface area (Å²) >= 11 is 0. The van der Waals surface area contributed by atoms with E-state index < -0.39 is 11.6 Å². The van der Waals surface area contributed by atoms with Gasteiger partial charge in [0.15, 0.2) is 17.3 Å². The van der Waals surface area contributed by atoms with Gasteiger partial charge < -0.3 is 9.80 Å². The van der Waals surface area contributed by atoms with Gasteiger partial charge in [0, 0.05) is 43.4 Å². The van der Waals surface area contributed by atoms with Crippen molar-refractivity contribution in [2.24, 2.45) is 0 Å². The molecule has 9 heteroatoms. The normalized spacial score (nSPS) is 16.7. The summed E-state index contributed by atoms with van der Waals surface area (Å²) in [7, 11) is 0. The summed E-state index contributed by atoms with van der Waals surface area (Å²) in [5.41, 5.74) is 2.84. The SMILES string of the molecule is Cc1nn(C(C)(C)C)c2nc(C3CC3)cc(C(=O)N3CCN(C(=O)c4ccc(F)c(F)c4)CC3)c12. The Kier molecular flexibility index (Phi) is 5.61. The van der Waals surface area contributed by atoms with E-state index in [4.69, 9.17) is 10.1 Å². The summed E-state index contributed by atoms with van der Waals surface area (Å²) in [6.07, 6.45) is 2.14. The Bertz CT molecular complexity index is 1330. The zero-order valence-electron chi connectivity index (χ0n) is 20.4. The minimum Gasteiger partial charge on any atom is -0.335 e. The number of nitrogens with zero attached hydrogens (tertiary/aromatic N) is 5. The Morgan fingerprint density at radius 1 is 0.943 bits per heavy atom. The molecule has 1 saturated heterocycles. The van der Waals surface area contributed by atoms with Gasteiger partial charge in [0.25, 0.3) is 11.8 Å². The molecule has 35 heavy (non-hydrogen) atoms. The van der Waals surface area contributed by atoms with Crippen LogP contribution in [0.5, 0.6) is 0 Å². The number of pyridine rings is 1. The fourth-order valence-corrected chi connectivity index (χ4v) is 4.63. The molecule has 0 atom stereocenters. The molecule has 1 aliphatic heterocycles. The first kappa shape index (κ1) is 23.4. The fraction of sp³-hybridized carbons (Fsp3) is 0.462. The van der Waals surface area contributed by atoms with Crippen LogP contribution in [0.15, 0.2) is 24.3 Å². The van der Waals surface area contributed by atoms with E-state index in [-0.39, 0.29) is 22.9 Å². The zero-order chi connectivity index (χ0) is 25.1. The lowest BCUT2D eigenvalue weighted by atomic mass is 10.0. The first-order valence-electron chi connectivity index (χ1n) is 12.0. The van der Waals surface area contributed by atoms with Crippen molar-refractivity contribution in [1.82, 2.24) is 24.6 Å². The molecule has 0 N–H and O–H groups in total. The van der Waals surface area contributed by atoms with Gasteiger partial charge in [-0.25, -0.2) is 18.4 Å². The zero-order valence-corrected chi connectivity index (χ0v) is 20.4.